The molecule has 144 valence electrons. The molecule has 0 saturated heterocycles. The van der Waals surface area contributed by atoms with Crippen LogP contribution in [0.4, 0.5) is 0 Å². The third-order valence-corrected chi connectivity index (χ3v) is 4.44. The van der Waals surface area contributed by atoms with Crippen LogP contribution in [0.1, 0.15) is 25.0 Å². The van der Waals surface area contributed by atoms with E-state index >= 15 is 0 Å². The third kappa shape index (κ3) is 5.76. The molecule has 3 rings (SSSR count). The summed E-state index contributed by atoms with van der Waals surface area (Å²) in [4.78, 5) is 9.18. The van der Waals surface area contributed by atoms with Crippen molar-refractivity contribution in [2.24, 2.45) is 0 Å². The highest BCUT2D eigenvalue weighted by molar-refractivity contribution is 9.10. The van der Waals surface area contributed by atoms with Crippen LogP contribution in [0.15, 0.2) is 51.6 Å². The van der Waals surface area contributed by atoms with Gasteiger partial charge in [0, 0.05) is 11.5 Å². The van der Waals surface area contributed by atoms with E-state index < -0.39 is 0 Å². The zero-order chi connectivity index (χ0) is 19.6. The Balaban J connectivity index is 0.000000465. The molecule has 0 unspecified atom stereocenters. The number of halogens is 1. The Morgan fingerprint density at radius 2 is 1.96 bits per heavy atom. The summed E-state index contributed by atoms with van der Waals surface area (Å²) >= 11 is 3.53. The maximum atomic E-state index is 9.18. The lowest BCUT2D eigenvalue weighted by Gasteiger charge is -2.12. The van der Waals surface area contributed by atoms with Crippen molar-refractivity contribution in [1.82, 2.24) is 0 Å². The van der Waals surface area contributed by atoms with Crippen LogP contribution in [-0.2, 0) is 22.6 Å². The highest BCUT2D eigenvalue weighted by Crippen LogP contribution is 2.29. The first-order valence-corrected chi connectivity index (χ1v) is 9.42. The van der Waals surface area contributed by atoms with Gasteiger partial charge in [-0.05, 0) is 64.7 Å². The molecule has 0 aliphatic heterocycles. The number of carbonyl (C=O) groups excluding carboxylic acids is 1. The van der Waals surface area contributed by atoms with Gasteiger partial charge in [0.15, 0.2) is 0 Å². The van der Waals surface area contributed by atoms with Crippen molar-refractivity contribution in [3.05, 3.63) is 58.3 Å². The van der Waals surface area contributed by atoms with Gasteiger partial charge in [-0.25, -0.2) is 0 Å². The van der Waals surface area contributed by atoms with E-state index in [1.807, 2.05) is 30.3 Å². The first kappa shape index (κ1) is 20.8. The number of rotatable bonds is 7. The molecule has 6 heteroatoms. The van der Waals surface area contributed by atoms with Crippen LogP contribution >= 0.6 is 15.9 Å². The number of hydrogen-bond acceptors (Lipinski definition) is 5. The van der Waals surface area contributed by atoms with Crippen molar-refractivity contribution in [2.75, 3.05) is 13.7 Å². The standard InChI is InChI=1S/C18H17BrO3.C3H6O2/c1-3-13-4-5-15(20-2)10-17(13)22-11-12-8-14-6-7-21-18(14)16(19)9-12;1-2-5-3-4/h4-10H,3,11H2,1-2H3;3H,2H2,1H3. The highest BCUT2D eigenvalue weighted by Gasteiger charge is 2.08. The van der Waals surface area contributed by atoms with Crippen LogP contribution in [0.25, 0.3) is 11.0 Å². The van der Waals surface area contributed by atoms with Crippen LogP contribution < -0.4 is 9.47 Å². The van der Waals surface area contributed by atoms with Crippen LogP contribution in [0.3, 0.4) is 0 Å². The van der Waals surface area contributed by atoms with Gasteiger partial charge in [-0.15, -0.1) is 0 Å². The van der Waals surface area contributed by atoms with Crippen molar-refractivity contribution in [3.63, 3.8) is 0 Å². The SMILES string of the molecule is CCOC=O.CCc1ccc(OC)cc1OCc1cc(Br)c2occc2c1. The minimum absolute atomic E-state index is 0.431. The molecule has 3 aromatic rings. The van der Waals surface area contributed by atoms with Crippen molar-refractivity contribution in [1.29, 1.82) is 0 Å². The summed E-state index contributed by atoms with van der Waals surface area (Å²) in [6.07, 6.45) is 2.61. The smallest absolute Gasteiger partial charge is 0.293 e. The molecular formula is C21H23BrO5. The second-order valence-electron chi connectivity index (χ2n) is 5.58. The van der Waals surface area contributed by atoms with E-state index in [1.54, 1.807) is 20.3 Å². The number of aryl methyl sites for hydroxylation is 1. The Bertz CT molecular complexity index is 872. The normalized spacial score (nSPS) is 10.1. The van der Waals surface area contributed by atoms with Gasteiger partial charge in [0.05, 0.1) is 24.5 Å². The lowest BCUT2D eigenvalue weighted by atomic mass is 10.1. The van der Waals surface area contributed by atoms with Crippen molar-refractivity contribution in [2.45, 2.75) is 26.9 Å². The average molecular weight is 435 g/mol. The molecule has 0 atom stereocenters. The Morgan fingerprint density at radius 3 is 2.59 bits per heavy atom. The van der Waals surface area contributed by atoms with Gasteiger partial charge in [0.25, 0.3) is 6.47 Å². The van der Waals surface area contributed by atoms with Crippen LogP contribution in [-0.4, -0.2) is 20.2 Å². The first-order valence-electron chi connectivity index (χ1n) is 8.63. The molecule has 0 saturated carbocycles. The first-order chi connectivity index (χ1) is 13.1. The minimum atomic E-state index is 0.431. The van der Waals surface area contributed by atoms with Gasteiger partial charge in [0.1, 0.15) is 23.7 Å². The van der Waals surface area contributed by atoms with Gasteiger partial charge in [0.2, 0.25) is 0 Å². The number of furan rings is 1. The Morgan fingerprint density at radius 1 is 1.15 bits per heavy atom. The summed E-state index contributed by atoms with van der Waals surface area (Å²) in [5.41, 5.74) is 3.12. The Labute approximate surface area is 167 Å². The van der Waals surface area contributed by atoms with Gasteiger partial charge in [-0.1, -0.05) is 13.0 Å². The highest BCUT2D eigenvalue weighted by atomic mass is 79.9. The van der Waals surface area contributed by atoms with E-state index in [0.717, 1.165) is 38.9 Å². The predicted octanol–water partition coefficient (Wildman–Crippen LogP) is 5.52. The molecule has 0 spiro atoms. The lowest BCUT2D eigenvalue weighted by Crippen LogP contribution is -1.99. The van der Waals surface area contributed by atoms with Gasteiger partial charge >= 0.3 is 0 Å². The van der Waals surface area contributed by atoms with Gasteiger partial charge in [-0.2, -0.15) is 0 Å². The lowest BCUT2D eigenvalue weighted by molar-refractivity contribution is -0.128. The molecule has 27 heavy (non-hydrogen) atoms. The maximum Gasteiger partial charge on any atom is 0.293 e. The second kappa shape index (κ2) is 10.6. The molecule has 5 nitrogen and oxygen atoms in total. The maximum absolute atomic E-state index is 9.18. The average Bonchev–Trinajstić information content (AvgIpc) is 3.16. The molecule has 0 amide bonds. The number of benzene rings is 2. The number of ether oxygens (including phenoxy) is 3. The fourth-order valence-electron chi connectivity index (χ4n) is 2.50. The molecular weight excluding hydrogens is 412 g/mol. The molecule has 0 radical (unpaired) electrons. The van der Waals surface area contributed by atoms with E-state index in [4.69, 9.17) is 13.9 Å². The fraction of sp³-hybridized carbons (Fsp3) is 0.286. The Kier molecular flexibility index (Phi) is 8.20. The van der Waals surface area contributed by atoms with Gasteiger partial charge in [-0.3, -0.25) is 4.79 Å². The molecule has 2 aromatic carbocycles. The predicted molar refractivity (Wildman–Crippen MR) is 108 cm³/mol. The van der Waals surface area contributed by atoms with Crippen molar-refractivity contribution < 1.29 is 23.4 Å². The third-order valence-electron chi connectivity index (χ3n) is 3.85. The van der Waals surface area contributed by atoms with Crippen LogP contribution in [0.5, 0.6) is 11.5 Å². The number of fused-ring (bicyclic) bond motifs is 1. The van der Waals surface area contributed by atoms with E-state index in [0.29, 0.717) is 19.7 Å². The quantitative estimate of drug-likeness (QED) is 0.457. The van der Waals surface area contributed by atoms with E-state index in [-0.39, 0.29) is 0 Å². The number of carbonyl (C=O) groups is 1. The summed E-state index contributed by atoms with van der Waals surface area (Å²) < 4.78 is 21.8. The van der Waals surface area contributed by atoms with E-state index in [2.05, 4.69) is 33.7 Å². The zero-order valence-electron chi connectivity index (χ0n) is 15.7. The number of hydrogen-bond donors (Lipinski definition) is 0. The number of methoxy groups -OCH3 is 1. The molecule has 1 heterocycles. The Hall–Kier alpha value is -2.47. The fourth-order valence-corrected chi connectivity index (χ4v) is 3.11. The second-order valence-corrected chi connectivity index (χ2v) is 6.44. The van der Waals surface area contributed by atoms with Gasteiger partial charge < -0.3 is 18.6 Å². The summed E-state index contributed by atoms with van der Waals surface area (Å²) in [6, 6.07) is 12.0. The van der Waals surface area contributed by atoms with E-state index in [9.17, 15) is 4.79 Å². The van der Waals surface area contributed by atoms with Crippen molar-refractivity contribution >= 4 is 33.4 Å². The molecule has 0 aliphatic carbocycles. The molecule has 0 aliphatic rings. The molecule has 0 bridgehead atoms. The molecule has 0 fully saturated rings. The van der Waals surface area contributed by atoms with Crippen molar-refractivity contribution in [3.8, 4) is 11.5 Å². The topological polar surface area (TPSA) is 57.9 Å². The minimum Gasteiger partial charge on any atom is -0.497 e. The summed E-state index contributed by atoms with van der Waals surface area (Å²) in [5, 5.41) is 1.06. The summed E-state index contributed by atoms with van der Waals surface area (Å²) in [5.74, 6) is 1.67. The zero-order valence-corrected chi connectivity index (χ0v) is 17.2. The van der Waals surface area contributed by atoms with E-state index in [1.165, 1.54) is 5.56 Å². The van der Waals surface area contributed by atoms with Crippen LogP contribution in [0, 0.1) is 0 Å². The monoisotopic (exact) mass is 434 g/mol. The largest absolute Gasteiger partial charge is 0.497 e. The summed E-state index contributed by atoms with van der Waals surface area (Å²) in [6.45, 7) is 5.28. The molecule has 0 N–H and O–H groups in total. The summed E-state index contributed by atoms with van der Waals surface area (Å²) in [7, 11) is 1.66. The molecule has 1 aromatic heterocycles. The van der Waals surface area contributed by atoms with Crippen LogP contribution in [0.2, 0.25) is 0 Å².